The van der Waals surface area contributed by atoms with Crippen LogP contribution in [0.1, 0.15) is 0 Å². The van der Waals surface area contributed by atoms with Gasteiger partial charge in [-0.15, -0.1) is 0 Å². The van der Waals surface area contributed by atoms with Crippen molar-refractivity contribution >= 4 is 16.2 Å². The lowest BCUT2D eigenvalue weighted by Crippen LogP contribution is -2.48. The lowest BCUT2D eigenvalue weighted by atomic mass is 10.4. The summed E-state index contributed by atoms with van der Waals surface area (Å²) in [4.78, 5) is 1.64. The molecule has 0 saturated carbocycles. The zero-order valence-corrected chi connectivity index (χ0v) is 9.05. The Kier molecular flexibility index (Phi) is 4.46. The molecule has 0 unspecified atom stereocenters. The van der Waals surface area contributed by atoms with E-state index in [2.05, 4.69) is 4.28 Å². The van der Waals surface area contributed by atoms with Crippen LogP contribution in [0.3, 0.4) is 0 Å². The van der Waals surface area contributed by atoms with Gasteiger partial charge < -0.3 is 5.48 Å². The number of hydrogen-bond acceptors (Lipinski definition) is 5. The fourth-order valence-electron chi connectivity index (χ4n) is 0.930. The molecule has 86 valence electrons. The summed E-state index contributed by atoms with van der Waals surface area (Å²) in [5, 5.41) is 0. The Morgan fingerprint density at radius 2 is 2.00 bits per heavy atom. The van der Waals surface area contributed by atoms with Gasteiger partial charge in [0.2, 0.25) is 0 Å². The maximum absolute atomic E-state index is 10.5. The van der Waals surface area contributed by atoms with Crippen LogP contribution in [0.4, 0.5) is 5.82 Å². The van der Waals surface area contributed by atoms with Crippen molar-refractivity contribution in [3.63, 3.8) is 0 Å². The van der Waals surface area contributed by atoms with Crippen LogP contribution in [0, 0.1) is 0 Å². The molecule has 15 heavy (non-hydrogen) atoms. The summed E-state index contributed by atoms with van der Waals surface area (Å²) in [7, 11) is -1.05. The van der Waals surface area contributed by atoms with E-state index in [1.165, 1.54) is 6.20 Å². The second kappa shape index (κ2) is 4.91. The van der Waals surface area contributed by atoms with Gasteiger partial charge in [0.25, 0.3) is 0 Å². The highest BCUT2D eigenvalue weighted by atomic mass is 32.3. The van der Waals surface area contributed by atoms with Gasteiger partial charge in [0.1, 0.15) is 6.20 Å². The predicted molar refractivity (Wildman–Crippen MR) is 51.0 cm³/mol. The molecular weight excluding hydrogens is 224 g/mol. The lowest BCUT2D eigenvalue weighted by molar-refractivity contribution is -0.846. The molecule has 7 nitrogen and oxygen atoms in total. The van der Waals surface area contributed by atoms with E-state index >= 15 is 0 Å². The molecule has 0 fully saturated rings. The largest absolute Gasteiger partial charge is 0.870 e. The van der Waals surface area contributed by atoms with E-state index in [1.54, 1.807) is 37.2 Å². The van der Waals surface area contributed by atoms with Crippen LogP contribution < -0.4 is 13.9 Å². The first-order valence-electron chi connectivity index (χ1n) is 3.75. The summed E-state index contributed by atoms with van der Waals surface area (Å²) in [6, 6.07) is 4.95. The molecule has 0 radical (unpaired) electrons. The zero-order valence-electron chi connectivity index (χ0n) is 8.23. The Bertz CT molecular complexity index is 417. The van der Waals surface area contributed by atoms with Crippen molar-refractivity contribution in [1.29, 1.82) is 0 Å². The van der Waals surface area contributed by atoms with Crippen LogP contribution in [0.25, 0.3) is 0 Å². The maximum Gasteiger partial charge on any atom is 0.482 e. The molecule has 2 N–H and O–H groups in total. The van der Waals surface area contributed by atoms with E-state index in [1.807, 2.05) is 0 Å². The summed E-state index contributed by atoms with van der Waals surface area (Å²) in [5.41, 5.74) is 0. The molecule has 0 aliphatic rings. The fraction of sp³-hybridized carbons (Fsp3) is 0.286. The monoisotopic (exact) mass is 236 g/mol. The Morgan fingerprint density at radius 3 is 2.47 bits per heavy atom. The molecule has 0 bridgehead atoms. The molecule has 0 amide bonds. The van der Waals surface area contributed by atoms with Crippen LogP contribution in [-0.4, -0.2) is 32.5 Å². The van der Waals surface area contributed by atoms with Crippen molar-refractivity contribution in [1.82, 2.24) is 0 Å². The quantitative estimate of drug-likeness (QED) is 0.539. The first kappa shape index (κ1) is 13.6. The van der Waals surface area contributed by atoms with Gasteiger partial charge >= 0.3 is 16.2 Å². The number of rotatable bonds is 3. The van der Waals surface area contributed by atoms with Crippen LogP contribution in [0.15, 0.2) is 24.4 Å². The fourth-order valence-corrected chi connectivity index (χ4v) is 1.26. The van der Waals surface area contributed by atoms with Crippen molar-refractivity contribution < 1.29 is 27.5 Å². The van der Waals surface area contributed by atoms with Crippen LogP contribution in [-0.2, 0) is 10.4 Å². The highest BCUT2D eigenvalue weighted by Crippen LogP contribution is 2.01. The van der Waals surface area contributed by atoms with Crippen LogP contribution in [0.2, 0.25) is 0 Å². The molecular formula is C7H12N2O5S. The molecule has 0 aliphatic heterocycles. The van der Waals surface area contributed by atoms with Crippen molar-refractivity contribution in [2.75, 3.05) is 19.0 Å². The minimum atomic E-state index is -4.50. The van der Waals surface area contributed by atoms with Crippen molar-refractivity contribution in [3.8, 4) is 0 Å². The third-order valence-corrected chi connectivity index (χ3v) is 1.79. The average molecular weight is 236 g/mol. The van der Waals surface area contributed by atoms with E-state index in [0.29, 0.717) is 5.82 Å². The number of nitrogens with zero attached hydrogens (tertiary/aromatic N) is 2. The van der Waals surface area contributed by atoms with Crippen LogP contribution in [0.5, 0.6) is 0 Å². The Hall–Kier alpha value is -1.38. The first-order valence-corrected chi connectivity index (χ1v) is 5.12. The number of aromatic nitrogens is 1. The van der Waals surface area contributed by atoms with E-state index < -0.39 is 10.4 Å². The topological polar surface area (TPSA) is 101 Å². The molecule has 0 spiro atoms. The number of anilines is 1. The number of hydrogen-bond donors (Lipinski definition) is 1. The zero-order chi connectivity index (χ0) is 10.8. The van der Waals surface area contributed by atoms with Gasteiger partial charge in [-0.25, -0.2) is 0 Å². The van der Waals surface area contributed by atoms with Crippen molar-refractivity contribution in [2.45, 2.75) is 0 Å². The highest BCUT2D eigenvalue weighted by molar-refractivity contribution is 7.80. The lowest BCUT2D eigenvalue weighted by Gasteiger charge is -2.07. The van der Waals surface area contributed by atoms with Crippen molar-refractivity contribution in [3.05, 3.63) is 24.4 Å². The minimum Gasteiger partial charge on any atom is -0.870 e. The summed E-state index contributed by atoms with van der Waals surface area (Å²) < 4.78 is 34.7. The average Bonchev–Trinajstić information content (AvgIpc) is 2.01. The normalized spacial score (nSPS) is 10.3. The smallest absolute Gasteiger partial charge is 0.482 e. The standard InChI is InChI=1S/C7H10N2O4S.H2O/c1-8(2)7-5-3-4-6-9(7)13-14(10,11)12;/h3-6H,1-2H3;1H2. The third kappa shape index (κ3) is 4.11. The van der Waals surface area contributed by atoms with Gasteiger partial charge in [-0.2, -0.15) is 12.7 Å². The molecule has 1 aromatic rings. The predicted octanol–water partition coefficient (Wildman–Crippen LogP) is -0.905. The Morgan fingerprint density at radius 1 is 1.40 bits per heavy atom. The molecule has 0 aliphatic carbocycles. The molecule has 8 heteroatoms. The van der Waals surface area contributed by atoms with Crippen LogP contribution >= 0.6 is 0 Å². The van der Waals surface area contributed by atoms with Crippen molar-refractivity contribution in [2.24, 2.45) is 0 Å². The Labute approximate surface area is 87.7 Å². The Balaban J connectivity index is 0.00000196. The number of pyridine rings is 1. The second-order valence-corrected chi connectivity index (χ2v) is 3.79. The summed E-state index contributed by atoms with van der Waals surface area (Å²) in [6.45, 7) is 0. The molecule has 0 aromatic carbocycles. The van der Waals surface area contributed by atoms with Gasteiger partial charge in [-0.3, -0.25) is 9.45 Å². The van der Waals surface area contributed by atoms with Gasteiger partial charge in [0.05, 0.1) is 14.1 Å². The van der Waals surface area contributed by atoms with E-state index in [9.17, 15) is 8.42 Å². The molecule has 0 saturated heterocycles. The van der Waals surface area contributed by atoms with Gasteiger partial charge in [-0.05, 0) is 10.8 Å². The summed E-state index contributed by atoms with van der Waals surface area (Å²) in [6.07, 6.45) is 1.38. The van der Waals surface area contributed by atoms with Gasteiger partial charge in [0, 0.05) is 6.07 Å². The third-order valence-electron chi connectivity index (χ3n) is 1.44. The van der Waals surface area contributed by atoms with Gasteiger partial charge in [-0.1, -0.05) is 6.07 Å². The van der Waals surface area contributed by atoms with E-state index in [0.717, 1.165) is 4.73 Å². The van der Waals surface area contributed by atoms with E-state index in [4.69, 9.17) is 4.55 Å². The first-order chi connectivity index (χ1) is 6.40. The van der Waals surface area contributed by atoms with Gasteiger partial charge in [0.15, 0.2) is 0 Å². The molecule has 1 heterocycles. The molecule has 1 rings (SSSR count). The second-order valence-electron chi connectivity index (χ2n) is 2.78. The minimum absolute atomic E-state index is 0. The molecule has 0 atom stereocenters. The SMILES string of the molecule is CN(C)c1cccc[n+]1OS(=O)(=O)O.[OH-]. The maximum atomic E-state index is 10.5. The summed E-state index contributed by atoms with van der Waals surface area (Å²) >= 11 is 0. The molecule has 1 aromatic heterocycles. The summed E-state index contributed by atoms with van der Waals surface area (Å²) in [5.74, 6) is 0.491. The highest BCUT2D eigenvalue weighted by Gasteiger charge is 2.17. The van der Waals surface area contributed by atoms with E-state index in [-0.39, 0.29) is 5.48 Å².